The fourth-order valence-electron chi connectivity index (χ4n) is 4.66. The van der Waals surface area contributed by atoms with Gasteiger partial charge in [-0.1, -0.05) is 12.8 Å². The molecule has 1 saturated carbocycles. The predicted octanol–water partition coefficient (Wildman–Crippen LogP) is 1.72. The highest BCUT2D eigenvalue weighted by molar-refractivity contribution is 5.86. The number of nitrogens with two attached hydrogens (primary N) is 1. The molecule has 0 unspecified atom stereocenters. The van der Waals surface area contributed by atoms with Gasteiger partial charge < -0.3 is 20.3 Å². The van der Waals surface area contributed by atoms with Gasteiger partial charge in [0.2, 0.25) is 11.8 Å². The molecule has 162 valence electrons. The molecular weight excluding hydrogens is 394 g/mol. The van der Waals surface area contributed by atoms with Crippen LogP contribution in [0.2, 0.25) is 0 Å². The number of hydrogen-bond acceptors (Lipinski definition) is 7. The van der Waals surface area contributed by atoms with Crippen LogP contribution in [0.1, 0.15) is 25.7 Å². The van der Waals surface area contributed by atoms with Crippen LogP contribution in [-0.2, 0) is 4.79 Å². The first-order valence-corrected chi connectivity index (χ1v) is 10.8. The Morgan fingerprint density at radius 1 is 1.13 bits per heavy atom. The molecule has 0 spiro atoms. The van der Waals surface area contributed by atoms with Crippen LogP contribution in [-0.4, -0.2) is 69.2 Å². The van der Waals surface area contributed by atoms with E-state index in [0.29, 0.717) is 19.0 Å². The van der Waals surface area contributed by atoms with Crippen molar-refractivity contribution in [3.05, 3.63) is 36.8 Å². The van der Waals surface area contributed by atoms with Crippen LogP contribution in [0.4, 0.5) is 5.82 Å². The van der Waals surface area contributed by atoms with Gasteiger partial charge in [0.15, 0.2) is 5.65 Å². The van der Waals surface area contributed by atoms with E-state index in [-0.39, 0.29) is 5.91 Å². The molecule has 2 N–H and O–H groups in total. The van der Waals surface area contributed by atoms with Crippen LogP contribution in [0.5, 0.6) is 5.88 Å². The summed E-state index contributed by atoms with van der Waals surface area (Å²) in [5.41, 5.74) is 8.19. The fourth-order valence-corrected chi connectivity index (χ4v) is 4.66. The molecule has 9 heteroatoms. The van der Waals surface area contributed by atoms with Gasteiger partial charge in [0.1, 0.15) is 5.82 Å². The molecule has 1 aliphatic carbocycles. The number of piperazine rings is 1. The van der Waals surface area contributed by atoms with Crippen LogP contribution < -0.4 is 15.4 Å². The number of carbonyl (C=O) groups is 1. The van der Waals surface area contributed by atoms with E-state index in [0.717, 1.165) is 61.4 Å². The third-order valence-electron chi connectivity index (χ3n) is 6.42. The van der Waals surface area contributed by atoms with E-state index in [1.54, 1.807) is 24.0 Å². The largest absolute Gasteiger partial charge is 0.481 e. The van der Waals surface area contributed by atoms with E-state index in [1.807, 2.05) is 29.3 Å². The summed E-state index contributed by atoms with van der Waals surface area (Å²) in [6, 6.07) is 5.78. The number of ether oxygens (including phenoxy) is 1. The van der Waals surface area contributed by atoms with E-state index < -0.39 is 5.54 Å². The molecule has 0 bridgehead atoms. The summed E-state index contributed by atoms with van der Waals surface area (Å²) < 4.78 is 7.17. The van der Waals surface area contributed by atoms with Crippen LogP contribution in [0.3, 0.4) is 0 Å². The summed E-state index contributed by atoms with van der Waals surface area (Å²) in [4.78, 5) is 26.2. The Morgan fingerprint density at radius 2 is 1.90 bits per heavy atom. The van der Waals surface area contributed by atoms with Gasteiger partial charge in [0.05, 0.1) is 24.4 Å². The van der Waals surface area contributed by atoms with Gasteiger partial charge in [-0.2, -0.15) is 5.10 Å². The maximum Gasteiger partial charge on any atom is 0.242 e. The molecule has 1 amide bonds. The number of hydrogen-bond donors (Lipinski definition) is 1. The second-order valence-electron chi connectivity index (χ2n) is 8.31. The number of nitrogens with zero attached hydrogens (tertiary/aromatic N) is 6. The molecule has 31 heavy (non-hydrogen) atoms. The maximum absolute atomic E-state index is 12.9. The molecule has 1 aliphatic heterocycles. The zero-order chi connectivity index (χ0) is 21.4. The summed E-state index contributed by atoms with van der Waals surface area (Å²) in [5, 5.41) is 4.43. The van der Waals surface area contributed by atoms with Crippen molar-refractivity contribution in [3.63, 3.8) is 0 Å². The summed E-state index contributed by atoms with van der Waals surface area (Å²) in [6.45, 7) is 2.77. The highest BCUT2D eigenvalue weighted by atomic mass is 16.5. The predicted molar refractivity (Wildman–Crippen MR) is 117 cm³/mol. The Kier molecular flexibility index (Phi) is 4.97. The van der Waals surface area contributed by atoms with E-state index in [4.69, 9.17) is 15.5 Å². The first kappa shape index (κ1) is 19.7. The van der Waals surface area contributed by atoms with Gasteiger partial charge >= 0.3 is 0 Å². The molecular formula is C22H27N7O2. The van der Waals surface area contributed by atoms with Crippen LogP contribution in [0.25, 0.3) is 16.8 Å². The van der Waals surface area contributed by atoms with Crippen LogP contribution in [0.15, 0.2) is 36.8 Å². The van der Waals surface area contributed by atoms with E-state index in [2.05, 4.69) is 15.0 Å². The van der Waals surface area contributed by atoms with Crippen molar-refractivity contribution >= 4 is 17.4 Å². The molecule has 3 aromatic heterocycles. The Labute approximate surface area is 180 Å². The molecule has 1 saturated heterocycles. The molecule has 3 aromatic rings. The van der Waals surface area contributed by atoms with Crippen LogP contribution >= 0.6 is 0 Å². The highest BCUT2D eigenvalue weighted by Gasteiger charge is 2.40. The van der Waals surface area contributed by atoms with Gasteiger partial charge in [-0.25, -0.2) is 14.5 Å². The summed E-state index contributed by atoms with van der Waals surface area (Å²) in [6.07, 6.45) is 9.07. The number of carbonyl (C=O) groups excluding carboxylic acids is 1. The minimum Gasteiger partial charge on any atom is -0.481 e. The third-order valence-corrected chi connectivity index (χ3v) is 6.42. The third kappa shape index (κ3) is 3.48. The first-order chi connectivity index (χ1) is 15.1. The van der Waals surface area contributed by atoms with Crippen molar-refractivity contribution in [1.82, 2.24) is 24.5 Å². The lowest BCUT2D eigenvalue weighted by Gasteiger charge is -2.38. The fraction of sp³-hybridized carbons (Fsp3) is 0.455. The Morgan fingerprint density at radius 3 is 2.65 bits per heavy atom. The summed E-state index contributed by atoms with van der Waals surface area (Å²) in [7, 11) is 1.61. The van der Waals surface area contributed by atoms with Gasteiger partial charge in [0.25, 0.3) is 0 Å². The lowest BCUT2D eigenvalue weighted by atomic mass is 9.97. The topological polar surface area (TPSA) is 102 Å². The Bertz CT molecular complexity index is 1100. The van der Waals surface area contributed by atoms with Crippen molar-refractivity contribution in [3.8, 4) is 17.0 Å². The molecule has 9 nitrogen and oxygen atoms in total. The van der Waals surface area contributed by atoms with Gasteiger partial charge in [0, 0.05) is 44.1 Å². The maximum atomic E-state index is 12.9. The monoisotopic (exact) mass is 421 g/mol. The zero-order valence-corrected chi connectivity index (χ0v) is 17.7. The summed E-state index contributed by atoms with van der Waals surface area (Å²) >= 11 is 0. The normalized spacial score (nSPS) is 18.5. The molecule has 0 atom stereocenters. The molecule has 0 radical (unpaired) electrons. The number of aromatic nitrogens is 4. The lowest BCUT2D eigenvalue weighted by molar-refractivity contribution is -0.137. The second kappa shape index (κ2) is 7.81. The molecule has 0 aromatic carbocycles. The number of amides is 1. The molecule has 2 fully saturated rings. The number of methoxy groups -OCH3 is 1. The van der Waals surface area contributed by atoms with Crippen molar-refractivity contribution in [1.29, 1.82) is 0 Å². The molecule has 2 aliphatic rings. The van der Waals surface area contributed by atoms with Gasteiger partial charge in [-0.15, -0.1) is 0 Å². The average molecular weight is 422 g/mol. The van der Waals surface area contributed by atoms with Crippen molar-refractivity contribution in [2.75, 3.05) is 38.2 Å². The second-order valence-corrected chi connectivity index (χ2v) is 8.31. The number of pyridine rings is 1. The summed E-state index contributed by atoms with van der Waals surface area (Å²) in [5.74, 6) is 1.52. The first-order valence-electron chi connectivity index (χ1n) is 10.8. The van der Waals surface area contributed by atoms with Crippen LogP contribution in [0, 0.1) is 0 Å². The minimum absolute atomic E-state index is 0.106. The van der Waals surface area contributed by atoms with Crippen molar-refractivity contribution in [2.24, 2.45) is 5.73 Å². The standard InChI is InChI=1S/C22H27N7O2/c1-31-20-16(5-4-9-24-20)17-15-25-29-10-6-18(26-19(17)29)27-11-13-28(14-12-27)21(30)22(23)7-2-3-8-22/h4-6,9-10,15H,2-3,7-8,11-14,23H2,1H3. The van der Waals surface area contributed by atoms with E-state index >= 15 is 0 Å². The lowest BCUT2D eigenvalue weighted by Crippen LogP contribution is -2.58. The Balaban J connectivity index is 1.36. The number of fused-ring (bicyclic) bond motifs is 1. The number of anilines is 1. The SMILES string of the molecule is COc1ncccc1-c1cnn2ccc(N3CCN(C(=O)C4(N)CCCC4)CC3)nc12. The average Bonchev–Trinajstić information content (AvgIpc) is 3.45. The Hall–Kier alpha value is -3.20. The smallest absolute Gasteiger partial charge is 0.242 e. The highest BCUT2D eigenvalue weighted by Crippen LogP contribution is 2.32. The van der Waals surface area contributed by atoms with Gasteiger partial charge in [-0.05, 0) is 31.0 Å². The van der Waals surface area contributed by atoms with E-state index in [9.17, 15) is 4.79 Å². The molecule has 5 rings (SSSR count). The number of rotatable bonds is 4. The van der Waals surface area contributed by atoms with Crippen molar-refractivity contribution < 1.29 is 9.53 Å². The minimum atomic E-state index is -0.658. The molecule has 4 heterocycles. The van der Waals surface area contributed by atoms with Gasteiger partial charge in [-0.3, -0.25) is 4.79 Å². The zero-order valence-electron chi connectivity index (χ0n) is 17.7. The van der Waals surface area contributed by atoms with E-state index in [1.165, 1.54) is 0 Å². The van der Waals surface area contributed by atoms with Crippen molar-refractivity contribution in [2.45, 2.75) is 31.2 Å². The quantitative estimate of drug-likeness (QED) is 0.684.